The second-order valence-electron chi connectivity index (χ2n) is 4.77. The maximum atomic E-state index is 13.5. The maximum absolute atomic E-state index is 13.5. The van der Waals surface area contributed by atoms with E-state index in [4.69, 9.17) is 0 Å². The molecule has 0 radical (unpaired) electrons. The summed E-state index contributed by atoms with van der Waals surface area (Å²) < 4.78 is 16.4. The molecule has 1 aromatic heterocycles. The number of aryl methyl sites for hydroxylation is 2. The lowest BCUT2D eigenvalue weighted by Crippen LogP contribution is -2.22. The van der Waals surface area contributed by atoms with Gasteiger partial charge in [0.05, 0.1) is 0 Å². The number of nitrogens with one attached hydrogen (secondary N) is 1. The van der Waals surface area contributed by atoms with Gasteiger partial charge in [0.1, 0.15) is 11.6 Å². The molecule has 0 saturated carbocycles. The molecule has 0 bridgehead atoms. The highest BCUT2D eigenvalue weighted by atomic mass is 79.9. The zero-order valence-corrected chi connectivity index (χ0v) is 13.3. The van der Waals surface area contributed by atoms with Gasteiger partial charge in [-0.25, -0.2) is 9.37 Å². The number of imidazole rings is 1. The summed E-state index contributed by atoms with van der Waals surface area (Å²) in [6.45, 7) is 2.90. The zero-order chi connectivity index (χ0) is 14.5. The zero-order valence-electron chi connectivity index (χ0n) is 11.7. The minimum atomic E-state index is -0.205. The van der Waals surface area contributed by atoms with Crippen LogP contribution in [0.25, 0.3) is 0 Å². The molecule has 1 aromatic carbocycles. The number of halogens is 2. The van der Waals surface area contributed by atoms with Gasteiger partial charge in [0.15, 0.2) is 0 Å². The molecule has 2 rings (SSSR count). The van der Waals surface area contributed by atoms with Crippen LogP contribution in [-0.4, -0.2) is 16.1 Å². The van der Waals surface area contributed by atoms with Crippen LogP contribution >= 0.6 is 15.9 Å². The standard InChI is InChI=1S/C15H19BrFN3/c1-3-18-14(6-7-15-19-8-9-20(15)2)12-10-11(17)4-5-13(12)16/h4-5,8-10,14,18H,3,6-7H2,1-2H3. The van der Waals surface area contributed by atoms with E-state index in [0.717, 1.165) is 35.2 Å². The van der Waals surface area contributed by atoms with Crippen molar-refractivity contribution in [3.05, 3.63) is 52.3 Å². The molecule has 0 fully saturated rings. The Bertz CT molecular complexity index is 568. The quantitative estimate of drug-likeness (QED) is 0.871. The van der Waals surface area contributed by atoms with E-state index < -0.39 is 0 Å². The second kappa shape index (κ2) is 6.99. The summed E-state index contributed by atoms with van der Waals surface area (Å²) in [4.78, 5) is 4.33. The van der Waals surface area contributed by atoms with Crippen LogP contribution in [0.3, 0.4) is 0 Å². The normalized spacial score (nSPS) is 12.6. The van der Waals surface area contributed by atoms with Gasteiger partial charge in [-0.05, 0) is 36.7 Å². The van der Waals surface area contributed by atoms with Crippen molar-refractivity contribution in [2.75, 3.05) is 6.54 Å². The van der Waals surface area contributed by atoms with E-state index in [1.54, 1.807) is 18.3 Å². The van der Waals surface area contributed by atoms with Crippen LogP contribution in [0, 0.1) is 5.82 Å². The molecule has 0 saturated heterocycles. The van der Waals surface area contributed by atoms with Gasteiger partial charge in [0.25, 0.3) is 0 Å². The Morgan fingerprint density at radius 2 is 2.25 bits per heavy atom. The molecule has 20 heavy (non-hydrogen) atoms. The molecule has 0 aliphatic rings. The van der Waals surface area contributed by atoms with Gasteiger partial charge in [-0.15, -0.1) is 0 Å². The molecule has 1 heterocycles. The first-order valence-corrected chi connectivity index (χ1v) is 7.55. The lowest BCUT2D eigenvalue weighted by atomic mass is 10.0. The summed E-state index contributed by atoms with van der Waals surface area (Å²) in [6.07, 6.45) is 5.47. The fourth-order valence-electron chi connectivity index (χ4n) is 2.31. The van der Waals surface area contributed by atoms with Crippen molar-refractivity contribution in [1.29, 1.82) is 0 Å². The van der Waals surface area contributed by atoms with Crippen molar-refractivity contribution in [3.8, 4) is 0 Å². The molecule has 108 valence electrons. The minimum Gasteiger partial charge on any atom is -0.338 e. The molecule has 3 nitrogen and oxygen atoms in total. The second-order valence-corrected chi connectivity index (χ2v) is 5.62. The third kappa shape index (κ3) is 3.67. The Kier molecular flexibility index (Phi) is 5.31. The third-order valence-corrected chi connectivity index (χ3v) is 4.08. The summed E-state index contributed by atoms with van der Waals surface area (Å²) in [5.74, 6) is 0.837. The van der Waals surface area contributed by atoms with E-state index in [2.05, 4.69) is 33.2 Å². The van der Waals surface area contributed by atoms with Crippen molar-refractivity contribution in [2.24, 2.45) is 7.05 Å². The highest BCUT2D eigenvalue weighted by Crippen LogP contribution is 2.27. The van der Waals surface area contributed by atoms with Crippen LogP contribution in [0.15, 0.2) is 35.1 Å². The molecule has 0 aliphatic carbocycles. The SMILES string of the molecule is CCNC(CCc1nccn1C)c1cc(F)ccc1Br. The lowest BCUT2D eigenvalue weighted by Gasteiger charge is -2.19. The number of hydrogen-bond acceptors (Lipinski definition) is 2. The van der Waals surface area contributed by atoms with E-state index in [0.29, 0.717) is 0 Å². The molecule has 5 heteroatoms. The number of benzene rings is 1. The Labute approximate surface area is 127 Å². The monoisotopic (exact) mass is 339 g/mol. The molecule has 0 spiro atoms. The van der Waals surface area contributed by atoms with Gasteiger partial charge in [-0.3, -0.25) is 0 Å². The topological polar surface area (TPSA) is 29.9 Å². The van der Waals surface area contributed by atoms with Gasteiger partial charge >= 0.3 is 0 Å². The van der Waals surface area contributed by atoms with Crippen LogP contribution < -0.4 is 5.32 Å². The first-order valence-electron chi connectivity index (χ1n) is 6.76. The minimum absolute atomic E-state index is 0.113. The Balaban J connectivity index is 2.14. The average molecular weight is 340 g/mol. The fourth-order valence-corrected chi connectivity index (χ4v) is 2.83. The molecule has 1 atom stereocenters. The van der Waals surface area contributed by atoms with Crippen LogP contribution in [-0.2, 0) is 13.5 Å². The molecule has 2 aromatic rings. The summed E-state index contributed by atoms with van der Waals surface area (Å²) >= 11 is 3.51. The smallest absolute Gasteiger partial charge is 0.123 e. The van der Waals surface area contributed by atoms with Crippen LogP contribution in [0.5, 0.6) is 0 Å². The Morgan fingerprint density at radius 3 is 2.90 bits per heavy atom. The predicted molar refractivity (Wildman–Crippen MR) is 82.0 cm³/mol. The van der Waals surface area contributed by atoms with Crippen molar-refractivity contribution in [1.82, 2.24) is 14.9 Å². The van der Waals surface area contributed by atoms with Crippen molar-refractivity contribution >= 4 is 15.9 Å². The number of nitrogens with zero attached hydrogens (tertiary/aromatic N) is 2. The third-order valence-electron chi connectivity index (χ3n) is 3.36. The molecular formula is C15H19BrFN3. The highest BCUT2D eigenvalue weighted by molar-refractivity contribution is 9.10. The molecule has 0 aliphatic heterocycles. The molecule has 1 N–H and O–H groups in total. The largest absolute Gasteiger partial charge is 0.338 e. The average Bonchev–Trinajstić information content (AvgIpc) is 2.83. The van der Waals surface area contributed by atoms with Crippen LogP contribution in [0.2, 0.25) is 0 Å². The van der Waals surface area contributed by atoms with E-state index in [1.807, 2.05) is 17.8 Å². The van der Waals surface area contributed by atoms with E-state index in [1.165, 1.54) is 6.07 Å². The van der Waals surface area contributed by atoms with E-state index in [9.17, 15) is 4.39 Å². The predicted octanol–water partition coefficient (Wildman–Crippen LogP) is 3.61. The molecular weight excluding hydrogens is 321 g/mol. The number of rotatable bonds is 6. The Hall–Kier alpha value is -1.20. The summed E-state index contributed by atoms with van der Waals surface area (Å²) in [5, 5.41) is 3.42. The van der Waals surface area contributed by atoms with Crippen LogP contribution in [0.4, 0.5) is 4.39 Å². The van der Waals surface area contributed by atoms with Crippen LogP contribution in [0.1, 0.15) is 30.8 Å². The van der Waals surface area contributed by atoms with Gasteiger partial charge in [0, 0.05) is 36.4 Å². The van der Waals surface area contributed by atoms with Gasteiger partial charge < -0.3 is 9.88 Å². The van der Waals surface area contributed by atoms with Gasteiger partial charge in [-0.1, -0.05) is 22.9 Å². The van der Waals surface area contributed by atoms with Crippen molar-refractivity contribution in [3.63, 3.8) is 0 Å². The summed E-state index contributed by atoms with van der Waals surface area (Å²) in [7, 11) is 1.99. The highest BCUT2D eigenvalue weighted by Gasteiger charge is 2.15. The van der Waals surface area contributed by atoms with Crippen molar-refractivity contribution in [2.45, 2.75) is 25.8 Å². The lowest BCUT2D eigenvalue weighted by molar-refractivity contribution is 0.500. The molecule has 1 unspecified atom stereocenters. The number of aromatic nitrogens is 2. The van der Waals surface area contributed by atoms with Crippen molar-refractivity contribution < 1.29 is 4.39 Å². The number of hydrogen-bond donors (Lipinski definition) is 1. The summed E-state index contributed by atoms with van der Waals surface area (Å²) in [5.41, 5.74) is 0.959. The van der Waals surface area contributed by atoms with E-state index in [-0.39, 0.29) is 11.9 Å². The first kappa shape index (κ1) is 15.2. The first-order chi connectivity index (χ1) is 9.61. The van der Waals surface area contributed by atoms with Gasteiger partial charge in [0.2, 0.25) is 0 Å². The van der Waals surface area contributed by atoms with Gasteiger partial charge in [-0.2, -0.15) is 0 Å². The van der Waals surface area contributed by atoms with E-state index >= 15 is 0 Å². The Morgan fingerprint density at radius 1 is 1.45 bits per heavy atom. The molecule has 0 amide bonds. The maximum Gasteiger partial charge on any atom is 0.123 e. The fraction of sp³-hybridized carbons (Fsp3) is 0.400. The summed E-state index contributed by atoms with van der Waals surface area (Å²) in [6, 6.07) is 4.93.